The number of aryl methyl sites for hydroxylation is 2. The molecular weight excluding hydrogens is 269 g/mol. The number of thiazole rings is 1. The van der Waals surface area contributed by atoms with Crippen LogP contribution in [-0.4, -0.2) is 4.98 Å². The first-order chi connectivity index (χ1) is 9.67. The average Bonchev–Trinajstić information content (AvgIpc) is 2.83. The van der Waals surface area contributed by atoms with E-state index in [-0.39, 0.29) is 5.82 Å². The molecule has 3 aromatic rings. The normalized spacial score (nSPS) is 11.2. The lowest BCUT2D eigenvalue weighted by Crippen LogP contribution is -1.84. The molecule has 0 aliphatic rings. The van der Waals surface area contributed by atoms with E-state index in [1.54, 1.807) is 24.3 Å². The highest BCUT2D eigenvalue weighted by Gasteiger charge is 2.07. The van der Waals surface area contributed by atoms with Gasteiger partial charge in [0.2, 0.25) is 0 Å². The molecule has 102 valence electrons. The summed E-state index contributed by atoms with van der Waals surface area (Å²) in [6.45, 7) is 3.94. The minimum atomic E-state index is -0.154. The average molecular weight is 285 g/mol. The molecule has 1 nitrogen and oxygen atoms in total. The minimum absolute atomic E-state index is 0.154. The second kappa shape index (κ2) is 5.33. The van der Waals surface area contributed by atoms with Crippen LogP contribution in [0.15, 0.2) is 36.4 Å². The molecule has 0 spiro atoms. The van der Waals surface area contributed by atoms with E-state index < -0.39 is 0 Å². The summed E-state index contributed by atoms with van der Waals surface area (Å²) in [7, 11) is 0. The van der Waals surface area contributed by atoms with Gasteiger partial charge in [-0.2, -0.15) is 0 Å². The Morgan fingerprint density at radius 2 is 1.85 bits per heavy atom. The topological polar surface area (TPSA) is 12.9 Å². The SMILES string of the molecule is CCCc1nc2ccc(-c3ccc(C)c(F)c3)cc2s1. The summed E-state index contributed by atoms with van der Waals surface area (Å²) < 4.78 is 14.8. The predicted octanol–water partition coefficient (Wildman–Crippen LogP) is 5.36. The van der Waals surface area contributed by atoms with Crippen molar-refractivity contribution in [2.24, 2.45) is 0 Å². The van der Waals surface area contributed by atoms with Crippen LogP contribution in [0.4, 0.5) is 4.39 Å². The summed E-state index contributed by atoms with van der Waals surface area (Å²) in [4.78, 5) is 4.61. The van der Waals surface area contributed by atoms with Crippen molar-refractivity contribution in [3.63, 3.8) is 0 Å². The fourth-order valence-corrected chi connectivity index (χ4v) is 3.35. The third kappa shape index (κ3) is 2.46. The van der Waals surface area contributed by atoms with Gasteiger partial charge < -0.3 is 0 Å². The zero-order valence-electron chi connectivity index (χ0n) is 11.6. The van der Waals surface area contributed by atoms with Gasteiger partial charge in [-0.15, -0.1) is 11.3 Å². The molecule has 20 heavy (non-hydrogen) atoms. The second-order valence-corrected chi connectivity index (χ2v) is 6.12. The largest absolute Gasteiger partial charge is 0.241 e. The lowest BCUT2D eigenvalue weighted by molar-refractivity contribution is 0.619. The first kappa shape index (κ1) is 13.3. The van der Waals surface area contributed by atoms with Crippen LogP contribution < -0.4 is 0 Å². The van der Waals surface area contributed by atoms with Gasteiger partial charge in [0.1, 0.15) is 5.82 Å². The summed E-state index contributed by atoms with van der Waals surface area (Å²) in [5.74, 6) is -0.154. The van der Waals surface area contributed by atoms with Gasteiger partial charge in [-0.3, -0.25) is 0 Å². The number of aromatic nitrogens is 1. The lowest BCUT2D eigenvalue weighted by Gasteiger charge is -2.03. The maximum atomic E-state index is 13.7. The van der Waals surface area contributed by atoms with Gasteiger partial charge >= 0.3 is 0 Å². The summed E-state index contributed by atoms with van der Waals surface area (Å²) >= 11 is 1.73. The Bertz CT molecular complexity index is 761. The number of hydrogen-bond acceptors (Lipinski definition) is 2. The summed E-state index contributed by atoms with van der Waals surface area (Å²) in [5, 5.41) is 1.18. The van der Waals surface area contributed by atoms with Crippen molar-refractivity contribution in [1.82, 2.24) is 4.98 Å². The van der Waals surface area contributed by atoms with Crippen LogP contribution >= 0.6 is 11.3 Å². The number of hydrogen-bond donors (Lipinski definition) is 0. The maximum Gasteiger partial charge on any atom is 0.126 e. The van der Waals surface area contributed by atoms with E-state index in [4.69, 9.17) is 0 Å². The van der Waals surface area contributed by atoms with Crippen molar-refractivity contribution in [3.05, 3.63) is 52.8 Å². The minimum Gasteiger partial charge on any atom is -0.241 e. The van der Waals surface area contributed by atoms with Gasteiger partial charge in [0.25, 0.3) is 0 Å². The second-order valence-electron chi connectivity index (χ2n) is 5.00. The van der Waals surface area contributed by atoms with E-state index in [1.807, 2.05) is 24.3 Å². The molecular formula is C17H16FNS. The van der Waals surface area contributed by atoms with Crippen molar-refractivity contribution in [2.45, 2.75) is 26.7 Å². The molecule has 0 atom stereocenters. The standard InChI is InChI=1S/C17H16FNS/c1-3-4-17-19-15-8-7-13(10-16(15)20-17)12-6-5-11(2)14(18)9-12/h5-10H,3-4H2,1-2H3. The van der Waals surface area contributed by atoms with E-state index in [0.717, 1.165) is 29.5 Å². The summed E-state index contributed by atoms with van der Waals surface area (Å²) in [6.07, 6.45) is 2.13. The number of fused-ring (bicyclic) bond motifs is 1. The van der Waals surface area contributed by atoms with Crippen molar-refractivity contribution >= 4 is 21.6 Å². The molecule has 1 aromatic heterocycles. The fraction of sp³-hybridized carbons (Fsp3) is 0.235. The highest BCUT2D eigenvalue weighted by molar-refractivity contribution is 7.18. The summed E-state index contributed by atoms with van der Waals surface area (Å²) in [6, 6.07) is 11.5. The molecule has 0 aliphatic heterocycles. The molecule has 0 amide bonds. The van der Waals surface area contributed by atoms with Crippen molar-refractivity contribution < 1.29 is 4.39 Å². The van der Waals surface area contributed by atoms with E-state index in [9.17, 15) is 4.39 Å². The Kier molecular flexibility index (Phi) is 3.53. The fourth-order valence-electron chi connectivity index (χ4n) is 2.25. The monoisotopic (exact) mass is 285 g/mol. The lowest BCUT2D eigenvalue weighted by atomic mass is 10.0. The molecule has 0 bridgehead atoms. The predicted molar refractivity (Wildman–Crippen MR) is 83.7 cm³/mol. The molecule has 1 heterocycles. The number of rotatable bonds is 3. The molecule has 0 saturated heterocycles. The third-order valence-electron chi connectivity index (χ3n) is 3.40. The van der Waals surface area contributed by atoms with Gasteiger partial charge in [-0.05, 0) is 54.7 Å². The zero-order chi connectivity index (χ0) is 14.1. The molecule has 0 N–H and O–H groups in total. The summed E-state index contributed by atoms with van der Waals surface area (Å²) in [5.41, 5.74) is 3.68. The quantitative estimate of drug-likeness (QED) is 0.631. The van der Waals surface area contributed by atoms with Gasteiger partial charge in [0, 0.05) is 0 Å². The molecule has 0 fully saturated rings. The van der Waals surface area contributed by atoms with E-state index in [0.29, 0.717) is 5.56 Å². The van der Waals surface area contributed by atoms with Crippen LogP contribution in [0.5, 0.6) is 0 Å². The molecule has 3 heteroatoms. The van der Waals surface area contributed by atoms with Crippen LogP contribution in [0.25, 0.3) is 21.3 Å². The van der Waals surface area contributed by atoms with Crippen LogP contribution in [0.2, 0.25) is 0 Å². The Labute approximate surface area is 122 Å². The molecule has 0 radical (unpaired) electrons. The number of benzene rings is 2. The first-order valence-electron chi connectivity index (χ1n) is 6.83. The van der Waals surface area contributed by atoms with Crippen LogP contribution in [0.3, 0.4) is 0 Å². The Balaban J connectivity index is 2.05. The smallest absolute Gasteiger partial charge is 0.126 e. The maximum absolute atomic E-state index is 13.7. The number of halogens is 1. The van der Waals surface area contributed by atoms with Crippen molar-refractivity contribution in [3.8, 4) is 11.1 Å². The Morgan fingerprint density at radius 1 is 1.10 bits per heavy atom. The van der Waals surface area contributed by atoms with E-state index in [1.165, 1.54) is 9.71 Å². The van der Waals surface area contributed by atoms with Crippen LogP contribution in [0, 0.1) is 12.7 Å². The van der Waals surface area contributed by atoms with Gasteiger partial charge in [-0.25, -0.2) is 9.37 Å². The van der Waals surface area contributed by atoms with Crippen molar-refractivity contribution in [2.75, 3.05) is 0 Å². The van der Waals surface area contributed by atoms with Gasteiger partial charge in [0.05, 0.1) is 15.2 Å². The Hall–Kier alpha value is -1.74. The third-order valence-corrected chi connectivity index (χ3v) is 4.48. The van der Waals surface area contributed by atoms with Gasteiger partial charge in [-0.1, -0.05) is 25.1 Å². The van der Waals surface area contributed by atoms with E-state index >= 15 is 0 Å². The molecule has 2 aromatic carbocycles. The van der Waals surface area contributed by atoms with Gasteiger partial charge in [0.15, 0.2) is 0 Å². The first-order valence-corrected chi connectivity index (χ1v) is 7.65. The van der Waals surface area contributed by atoms with Crippen molar-refractivity contribution in [1.29, 1.82) is 0 Å². The van der Waals surface area contributed by atoms with Crippen LogP contribution in [0.1, 0.15) is 23.9 Å². The molecule has 0 saturated carbocycles. The highest BCUT2D eigenvalue weighted by atomic mass is 32.1. The highest BCUT2D eigenvalue weighted by Crippen LogP contribution is 2.29. The molecule has 0 aliphatic carbocycles. The zero-order valence-corrected chi connectivity index (χ0v) is 12.4. The molecule has 0 unspecified atom stereocenters. The van der Waals surface area contributed by atoms with E-state index in [2.05, 4.69) is 18.0 Å². The Morgan fingerprint density at radius 3 is 2.60 bits per heavy atom. The number of nitrogens with zero attached hydrogens (tertiary/aromatic N) is 1. The molecule has 3 rings (SSSR count). The van der Waals surface area contributed by atoms with Crippen LogP contribution in [-0.2, 0) is 6.42 Å².